The first kappa shape index (κ1) is 15.0. The summed E-state index contributed by atoms with van der Waals surface area (Å²) >= 11 is 16.7. The number of carbonyl (C=O) groups is 1. The molecule has 18 heavy (non-hydrogen) atoms. The molecule has 0 saturated carbocycles. The van der Waals surface area contributed by atoms with E-state index < -0.39 is 15.3 Å². The molecule has 0 fully saturated rings. The third kappa shape index (κ3) is 3.48. The van der Waals surface area contributed by atoms with Gasteiger partial charge >= 0.3 is 0 Å². The highest BCUT2D eigenvalue weighted by Gasteiger charge is 2.33. The Morgan fingerprint density at radius 1 is 1.22 bits per heavy atom. The normalized spacial score (nSPS) is 12.9. The Morgan fingerprint density at radius 3 is 2.11 bits per heavy atom. The smallest absolute Gasteiger partial charge is 0.232 e. The number of ketones is 1. The van der Waals surface area contributed by atoms with Gasteiger partial charge in [-0.2, -0.15) is 0 Å². The monoisotopic (exact) mass is 305 g/mol. The van der Waals surface area contributed by atoms with E-state index in [4.69, 9.17) is 40.2 Å². The summed E-state index contributed by atoms with van der Waals surface area (Å²) in [7, 11) is 0. The van der Waals surface area contributed by atoms with Gasteiger partial charge < -0.3 is 5.11 Å². The highest BCUT2D eigenvalue weighted by atomic mass is 35.6. The van der Waals surface area contributed by atoms with Crippen molar-refractivity contribution in [2.75, 3.05) is 0 Å². The SMILES string of the molecule is CC(=O)C(C(=N)C(Cl)(Cl)Cl)=C(O)c1ccccc1. The number of carbonyl (C=O) groups excluding carboxylic acids is 1. The first-order chi connectivity index (χ1) is 8.25. The quantitative estimate of drug-likeness (QED) is 0.384. The van der Waals surface area contributed by atoms with Crippen LogP contribution in [0, 0.1) is 5.41 Å². The van der Waals surface area contributed by atoms with E-state index in [9.17, 15) is 9.90 Å². The Kier molecular flexibility index (Phi) is 4.79. The van der Waals surface area contributed by atoms with E-state index in [-0.39, 0.29) is 11.3 Å². The third-order valence-electron chi connectivity index (χ3n) is 2.17. The first-order valence-electron chi connectivity index (χ1n) is 4.91. The lowest BCUT2D eigenvalue weighted by atomic mass is 10.0. The van der Waals surface area contributed by atoms with Crippen molar-refractivity contribution >= 4 is 52.1 Å². The average molecular weight is 307 g/mol. The predicted octanol–water partition coefficient (Wildman–Crippen LogP) is 3.93. The van der Waals surface area contributed by atoms with Gasteiger partial charge in [-0.25, -0.2) is 0 Å². The van der Waals surface area contributed by atoms with Crippen LogP contribution >= 0.6 is 34.8 Å². The Bertz CT molecular complexity index is 504. The van der Waals surface area contributed by atoms with Crippen LogP contribution in [0.25, 0.3) is 5.76 Å². The lowest BCUT2D eigenvalue weighted by Gasteiger charge is -2.15. The fraction of sp³-hybridized carbons (Fsp3) is 0.167. The predicted molar refractivity (Wildman–Crippen MR) is 74.7 cm³/mol. The number of hydrogen-bond acceptors (Lipinski definition) is 3. The van der Waals surface area contributed by atoms with Gasteiger partial charge in [0.05, 0.1) is 11.3 Å². The van der Waals surface area contributed by atoms with E-state index in [1.54, 1.807) is 30.3 Å². The number of alkyl halides is 3. The lowest BCUT2D eigenvalue weighted by molar-refractivity contribution is -0.113. The lowest BCUT2D eigenvalue weighted by Crippen LogP contribution is -2.25. The van der Waals surface area contributed by atoms with Gasteiger partial charge in [0, 0.05) is 5.56 Å². The summed E-state index contributed by atoms with van der Waals surface area (Å²) in [5.74, 6) is -0.924. The molecule has 0 amide bonds. The van der Waals surface area contributed by atoms with Crippen molar-refractivity contribution in [2.24, 2.45) is 0 Å². The first-order valence-corrected chi connectivity index (χ1v) is 6.04. The van der Waals surface area contributed by atoms with Crippen molar-refractivity contribution in [2.45, 2.75) is 10.7 Å². The molecule has 2 N–H and O–H groups in total. The summed E-state index contributed by atoms with van der Waals surface area (Å²) in [4.78, 5) is 11.5. The highest BCUT2D eigenvalue weighted by Crippen LogP contribution is 2.32. The van der Waals surface area contributed by atoms with Crippen LogP contribution in [-0.4, -0.2) is 20.4 Å². The summed E-state index contributed by atoms with van der Waals surface area (Å²) in [5, 5.41) is 17.7. The van der Waals surface area contributed by atoms with E-state index in [0.717, 1.165) is 0 Å². The van der Waals surface area contributed by atoms with Crippen molar-refractivity contribution in [1.82, 2.24) is 0 Å². The number of aliphatic hydroxyl groups excluding tert-OH is 1. The number of hydrogen-bond donors (Lipinski definition) is 2. The molecule has 6 heteroatoms. The summed E-state index contributed by atoms with van der Waals surface area (Å²) in [5.41, 5.74) is -0.482. The minimum absolute atomic E-state index is 0.304. The zero-order valence-corrected chi connectivity index (χ0v) is 11.6. The second kappa shape index (κ2) is 5.74. The molecule has 1 aromatic carbocycles. The molecule has 0 aliphatic carbocycles. The van der Waals surface area contributed by atoms with E-state index in [1.165, 1.54) is 6.92 Å². The van der Waals surface area contributed by atoms with Gasteiger partial charge in [-0.1, -0.05) is 65.1 Å². The zero-order chi connectivity index (χ0) is 13.9. The number of aliphatic hydroxyl groups is 1. The molecule has 0 heterocycles. The fourth-order valence-electron chi connectivity index (χ4n) is 1.34. The molecule has 0 unspecified atom stereocenters. The number of benzene rings is 1. The molecule has 1 aromatic rings. The van der Waals surface area contributed by atoms with Crippen LogP contribution in [0.3, 0.4) is 0 Å². The van der Waals surface area contributed by atoms with Gasteiger partial charge in [0.25, 0.3) is 0 Å². The van der Waals surface area contributed by atoms with Gasteiger partial charge in [-0.05, 0) is 6.92 Å². The summed E-state index contributed by atoms with van der Waals surface area (Å²) in [6.45, 7) is 1.19. The third-order valence-corrected chi connectivity index (χ3v) is 2.74. The van der Waals surface area contributed by atoms with Crippen LogP contribution in [0.15, 0.2) is 35.9 Å². The van der Waals surface area contributed by atoms with Crippen molar-refractivity contribution in [3.8, 4) is 0 Å². The molecule has 96 valence electrons. The van der Waals surface area contributed by atoms with Crippen LogP contribution < -0.4 is 0 Å². The van der Waals surface area contributed by atoms with Gasteiger partial charge in [0.15, 0.2) is 5.78 Å². The molecule has 0 spiro atoms. The Hall–Kier alpha value is -1.03. The van der Waals surface area contributed by atoms with Crippen molar-refractivity contribution in [3.05, 3.63) is 41.5 Å². The van der Waals surface area contributed by atoms with E-state index >= 15 is 0 Å². The largest absolute Gasteiger partial charge is 0.506 e. The molecule has 0 aliphatic heterocycles. The van der Waals surface area contributed by atoms with Crippen molar-refractivity contribution < 1.29 is 9.90 Å². The van der Waals surface area contributed by atoms with Gasteiger partial charge in [-0.3, -0.25) is 10.2 Å². The highest BCUT2D eigenvalue weighted by molar-refractivity contribution is 6.78. The van der Waals surface area contributed by atoms with Crippen LogP contribution in [-0.2, 0) is 4.79 Å². The molecule has 0 saturated heterocycles. The topological polar surface area (TPSA) is 61.2 Å². The van der Waals surface area contributed by atoms with Gasteiger partial charge in [0.1, 0.15) is 5.76 Å². The molecule has 0 atom stereocenters. The van der Waals surface area contributed by atoms with E-state index in [0.29, 0.717) is 5.56 Å². The maximum atomic E-state index is 11.5. The minimum atomic E-state index is -2.07. The molecule has 0 radical (unpaired) electrons. The Labute approximate surface area is 119 Å². The number of halogens is 3. The molecular weight excluding hydrogens is 296 g/mol. The fourth-order valence-corrected chi connectivity index (χ4v) is 1.63. The number of Topliss-reactive ketones (excluding diaryl/α,β-unsaturated/α-hetero) is 1. The van der Waals surface area contributed by atoms with Gasteiger partial charge in [-0.15, -0.1) is 0 Å². The van der Waals surface area contributed by atoms with Crippen molar-refractivity contribution in [1.29, 1.82) is 5.41 Å². The Morgan fingerprint density at radius 2 is 1.72 bits per heavy atom. The number of allylic oxidation sites excluding steroid dienone is 1. The molecule has 0 aromatic heterocycles. The second-order valence-electron chi connectivity index (χ2n) is 3.52. The molecule has 1 rings (SSSR count). The second-order valence-corrected chi connectivity index (χ2v) is 5.80. The minimum Gasteiger partial charge on any atom is -0.506 e. The molecular formula is C12H10Cl3NO2. The van der Waals surface area contributed by atoms with Crippen LogP contribution in [0.2, 0.25) is 0 Å². The summed E-state index contributed by atoms with van der Waals surface area (Å²) < 4.78 is -2.07. The van der Waals surface area contributed by atoms with E-state index in [2.05, 4.69) is 0 Å². The average Bonchev–Trinajstić information content (AvgIpc) is 2.28. The molecule has 0 aliphatic rings. The molecule has 0 bridgehead atoms. The molecule has 3 nitrogen and oxygen atoms in total. The maximum absolute atomic E-state index is 11.5. The van der Waals surface area contributed by atoms with Crippen LogP contribution in [0.4, 0.5) is 0 Å². The summed E-state index contributed by atoms with van der Waals surface area (Å²) in [6, 6.07) is 8.29. The van der Waals surface area contributed by atoms with Crippen LogP contribution in [0.1, 0.15) is 12.5 Å². The van der Waals surface area contributed by atoms with Crippen molar-refractivity contribution in [3.63, 3.8) is 0 Å². The number of rotatable bonds is 3. The van der Waals surface area contributed by atoms with Gasteiger partial charge in [0.2, 0.25) is 3.79 Å². The Balaban J connectivity index is 3.37. The maximum Gasteiger partial charge on any atom is 0.232 e. The standard InChI is InChI=1S/C12H10Cl3NO2/c1-7(17)9(11(16)12(13,14)15)10(18)8-5-3-2-4-6-8/h2-6,16,18H,1H3. The van der Waals surface area contributed by atoms with Crippen LogP contribution in [0.5, 0.6) is 0 Å². The van der Waals surface area contributed by atoms with E-state index in [1.807, 2.05) is 0 Å². The zero-order valence-electron chi connectivity index (χ0n) is 9.38. The number of nitrogens with one attached hydrogen (secondary N) is 1. The summed E-state index contributed by atoms with van der Waals surface area (Å²) in [6.07, 6.45) is 0.